The molecule has 6 aromatic rings. The fourth-order valence-corrected chi connectivity index (χ4v) is 7.24. The fourth-order valence-electron chi connectivity index (χ4n) is 4.17. The van der Waals surface area contributed by atoms with Gasteiger partial charge in [0.25, 0.3) is 0 Å². The number of nitrogens with zero attached hydrogens (tertiary/aromatic N) is 1. The van der Waals surface area contributed by atoms with Crippen molar-refractivity contribution in [2.45, 2.75) is 34.6 Å². The number of benzene rings is 3. The van der Waals surface area contributed by atoms with E-state index >= 15 is 0 Å². The summed E-state index contributed by atoms with van der Waals surface area (Å²) in [5.74, 6) is 0. The Kier molecular flexibility index (Phi) is 10.3. The van der Waals surface area contributed by atoms with Gasteiger partial charge in [-0.2, -0.15) is 0 Å². The van der Waals surface area contributed by atoms with Crippen LogP contribution in [0.1, 0.15) is 32.6 Å². The second-order valence-corrected chi connectivity index (χ2v) is 11.7. The van der Waals surface area contributed by atoms with Gasteiger partial charge in [-0.3, -0.25) is 0 Å². The quantitative estimate of drug-likeness (QED) is 0.194. The summed E-state index contributed by atoms with van der Waals surface area (Å²) in [5, 5.41) is 0. The Labute approximate surface area is 245 Å². The Morgan fingerprint density at radius 2 is 0.769 bits per heavy atom. The Balaban J connectivity index is 0.000000845. The summed E-state index contributed by atoms with van der Waals surface area (Å²) in [6, 6.07) is 43.4. The topological polar surface area (TPSA) is 3.24 Å². The molecule has 0 N–H and O–H groups in total. The molecule has 0 atom stereocenters. The first-order valence-electron chi connectivity index (χ1n) is 13.5. The summed E-state index contributed by atoms with van der Waals surface area (Å²) in [6.45, 7) is 10.2. The van der Waals surface area contributed by atoms with Gasteiger partial charge in [-0.15, -0.1) is 34.0 Å². The van der Waals surface area contributed by atoms with Gasteiger partial charge in [-0.25, -0.2) is 0 Å². The maximum atomic E-state index is 2.29. The van der Waals surface area contributed by atoms with Gasteiger partial charge in [0.15, 0.2) is 0 Å². The summed E-state index contributed by atoms with van der Waals surface area (Å²) < 4.78 is 0. The Bertz CT molecular complexity index is 1500. The van der Waals surface area contributed by atoms with Crippen LogP contribution in [0.15, 0.2) is 121 Å². The molecule has 1 nitrogen and oxygen atoms in total. The van der Waals surface area contributed by atoms with Gasteiger partial charge < -0.3 is 4.90 Å². The second-order valence-electron chi connectivity index (χ2n) is 8.29. The van der Waals surface area contributed by atoms with E-state index in [1.807, 2.05) is 61.7 Å². The van der Waals surface area contributed by atoms with E-state index in [9.17, 15) is 0 Å². The largest absolute Gasteiger partial charge is 0.311 e. The summed E-state index contributed by atoms with van der Waals surface area (Å²) in [4.78, 5) is 10.3. The second kappa shape index (κ2) is 14.1. The van der Waals surface area contributed by atoms with E-state index in [-0.39, 0.29) is 0 Å². The lowest BCUT2D eigenvalue weighted by Gasteiger charge is -2.25. The lowest BCUT2D eigenvalue weighted by atomic mass is 10.1. The molecule has 0 fully saturated rings. The summed E-state index contributed by atoms with van der Waals surface area (Å²) >= 11 is 5.60. The van der Waals surface area contributed by atoms with Crippen LogP contribution in [0.2, 0.25) is 0 Å². The lowest BCUT2D eigenvalue weighted by molar-refractivity contribution is 1.28. The van der Waals surface area contributed by atoms with Crippen LogP contribution in [-0.2, 0) is 0 Å². The maximum absolute atomic E-state index is 2.29. The van der Waals surface area contributed by atoms with Gasteiger partial charge in [0.05, 0.1) is 0 Å². The number of rotatable bonds is 6. The van der Waals surface area contributed by atoms with Crippen molar-refractivity contribution < 1.29 is 0 Å². The molecule has 0 unspecified atom stereocenters. The molecule has 0 saturated heterocycles. The van der Waals surface area contributed by atoms with Crippen molar-refractivity contribution in [2.75, 3.05) is 4.90 Å². The third kappa shape index (κ3) is 6.77. The third-order valence-electron chi connectivity index (χ3n) is 5.88. The van der Waals surface area contributed by atoms with E-state index in [1.165, 1.54) is 34.8 Å². The molecular formula is C35H35NS3. The Morgan fingerprint density at radius 1 is 0.385 bits per heavy atom. The maximum Gasteiger partial charge on any atom is 0.0462 e. The summed E-state index contributed by atoms with van der Waals surface area (Å²) in [6.07, 6.45) is 0. The Hall–Kier alpha value is -3.44. The lowest BCUT2D eigenvalue weighted by Crippen LogP contribution is -2.09. The minimum absolute atomic E-state index is 1.15. The molecule has 3 heterocycles. The van der Waals surface area contributed by atoms with Crippen LogP contribution >= 0.6 is 34.0 Å². The number of thiophene rings is 3. The van der Waals surface area contributed by atoms with Crippen LogP contribution < -0.4 is 4.90 Å². The van der Waals surface area contributed by atoms with Crippen molar-refractivity contribution in [3.8, 4) is 29.9 Å². The average Bonchev–Trinajstić information content (AvgIpc) is 3.78. The van der Waals surface area contributed by atoms with Gasteiger partial charge in [-0.05, 0) is 85.3 Å². The standard InChI is InChI=1S/C31H23NS3.2C2H6/c1-22-12-17-28(33-22)29-20-21-31(35-29)30-19-18-27(34-30)23-13-15-26(16-14-23)32(24-8-4-2-5-9-24)25-10-6-3-7-11-25;2*1-2/h2-21H,1H3;2*1-2H3. The Morgan fingerprint density at radius 3 is 1.23 bits per heavy atom. The van der Waals surface area contributed by atoms with Crippen molar-refractivity contribution in [2.24, 2.45) is 0 Å². The van der Waals surface area contributed by atoms with E-state index in [0.717, 1.165) is 17.1 Å². The van der Waals surface area contributed by atoms with Crippen molar-refractivity contribution in [3.05, 3.63) is 126 Å². The number of hydrogen-bond donors (Lipinski definition) is 0. The van der Waals surface area contributed by atoms with Crippen LogP contribution in [0.25, 0.3) is 29.9 Å². The highest BCUT2D eigenvalue weighted by molar-refractivity contribution is 7.27. The minimum Gasteiger partial charge on any atom is -0.311 e. The van der Waals surface area contributed by atoms with Crippen LogP contribution in [0.5, 0.6) is 0 Å². The molecule has 0 saturated carbocycles. The molecule has 0 bridgehead atoms. The van der Waals surface area contributed by atoms with E-state index in [4.69, 9.17) is 0 Å². The zero-order valence-electron chi connectivity index (χ0n) is 23.2. The molecule has 0 aliphatic rings. The van der Waals surface area contributed by atoms with Crippen molar-refractivity contribution in [3.63, 3.8) is 0 Å². The number of aryl methyl sites for hydroxylation is 1. The third-order valence-corrected chi connectivity index (χ3v) is 9.49. The highest BCUT2D eigenvalue weighted by Crippen LogP contribution is 2.42. The molecular weight excluding hydrogens is 531 g/mol. The van der Waals surface area contributed by atoms with Crippen molar-refractivity contribution >= 4 is 51.1 Å². The predicted molar refractivity (Wildman–Crippen MR) is 178 cm³/mol. The SMILES string of the molecule is CC.CC.Cc1ccc(-c2ccc(-c3ccc(-c4ccc(N(c5ccccc5)c5ccccc5)cc4)s3)s2)s1. The van der Waals surface area contributed by atoms with Crippen molar-refractivity contribution in [1.82, 2.24) is 0 Å². The zero-order valence-corrected chi connectivity index (χ0v) is 25.7. The van der Waals surface area contributed by atoms with Gasteiger partial charge in [0.1, 0.15) is 0 Å². The molecule has 0 aliphatic carbocycles. The monoisotopic (exact) mass is 565 g/mol. The average molecular weight is 566 g/mol. The smallest absolute Gasteiger partial charge is 0.0462 e. The first-order valence-corrected chi connectivity index (χ1v) is 16.0. The summed E-state index contributed by atoms with van der Waals surface area (Å²) in [5.41, 5.74) is 4.70. The van der Waals surface area contributed by atoms with Crippen LogP contribution in [0, 0.1) is 6.92 Å². The zero-order chi connectivity index (χ0) is 27.6. The number of anilines is 3. The number of hydrogen-bond acceptors (Lipinski definition) is 4. The van der Waals surface area contributed by atoms with Gasteiger partial charge in [-0.1, -0.05) is 76.2 Å². The molecule has 3 aromatic heterocycles. The molecule has 198 valence electrons. The van der Waals surface area contributed by atoms with E-state index in [0.29, 0.717) is 0 Å². The minimum atomic E-state index is 1.15. The predicted octanol–water partition coefficient (Wildman–Crippen LogP) is 12.7. The summed E-state index contributed by atoms with van der Waals surface area (Å²) in [7, 11) is 0. The van der Waals surface area contributed by atoms with Crippen molar-refractivity contribution in [1.29, 1.82) is 0 Å². The van der Waals surface area contributed by atoms with Crippen LogP contribution in [0.3, 0.4) is 0 Å². The molecule has 39 heavy (non-hydrogen) atoms. The molecule has 0 aliphatic heterocycles. The van der Waals surface area contributed by atoms with Crippen LogP contribution in [0.4, 0.5) is 17.1 Å². The number of para-hydroxylation sites is 2. The highest BCUT2D eigenvalue weighted by Gasteiger charge is 2.13. The molecule has 0 amide bonds. The van der Waals surface area contributed by atoms with Gasteiger partial charge >= 0.3 is 0 Å². The van der Waals surface area contributed by atoms with E-state index in [2.05, 4.69) is 133 Å². The molecule has 3 aromatic carbocycles. The normalized spacial score (nSPS) is 10.2. The highest BCUT2D eigenvalue weighted by atomic mass is 32.1. The van der Waals surface area contributed by atoms with Gasteiger partial charge in [0.2, 0.25) is 0 Å². The van der Waals surface area contributed by atoms with E-state index < -0.39 is 0 Å². The first kappa shape index (κ1) is 28.6. The fraction of sp³-hybridized carbons (Fsp3) is 0.143. The molecule has 6 rings (SSSR count). The first-order chi connectivity index (χ1) is 19.2. The van der Waals surface area contributed by atoms with Crippen LogP contribution in [-0.4, -0.2) is 0 Å². The molecule has 0 spiro atoms. The molecule has 0 radical (unpaired) electrons. The molecule has 4 heteroatoms. The van der Waals surface area contributed by atoms with Gasteiger partial charge in [0, 0.05) is 46.3 Å². The van der Waals surface area contributed by atoms with E-state index in [1.54, 1.807) is 0 Å².